The number of rotatable bonds is 4. The molecule has 0 spiro atoms. The molecule has 0 N–H and O–H groups in total. The molecule has 148 valence electrons. The van der Waals surface area contributed by atoms with Crippen LogP contribution in [0, 0.1) is 0 Å². The third-order valence-electron chi connectivity index (χ3n) is 4.48. The van der Waals surface area contributed by atoms with Crippen molar-refractivity contribution >= 4 is 18.1 Å². The second-order valence-electron chi connectivity index (χ2n) is 7.82. The van der Waals surface area contributed by atoms with E-state index in [9.17, 15) is 9.59 Å². The molecule has 2 rings (SSSR count). The Kier molecular flexibility index (Phi) is 6.52. The van der Waals surface area contributed by atoms with Crippen LogP contribution in [0.15, 0.2) is 24.8 Å². The highest BCUT2D eigenvalue weighted by Gasteiger charge is 2.32. The van der Waals surface area contributed by atoms with Crippen molar-refractivity contribution in [3.8, 4) is 5.75 Å². The summed E-state index contributed by atoms with van der Waals surface area (Å²) in [6, 6.07) is 5.58. The Labute approximate surface area is 161 Å². The van der Waals surface area contributed by atoms with Crippen molar-refractivity contribution in [3.63, 3.8) is 0 Å². The van der Waals surface area contributed by atoms with Gasteiger partial charge in [0.05, 0.1) is 13.5 Å². The van der Waals surface area contributed by atoms with Gasteiger partial charge in [-0.25, -0.2) is 4.79 Å². The lowest BCUT2D eigenvalue weighted by atomic mass is 10.1. The zero-order chi connectivity index (χ0) is 20.2. The molecule has 0 aliphatic carbocycles. The van der Waals surface area contributed by atoms with Gasteiger partial charge in [-0.3, -0.25) is 4.79 Å². The second kappa shape index (κ2) is 8.46. The largest absolute Gasteiger partial charge is 0.496 e. The standard InChI is InChI=1S/C21H30N2O4/c1-7-17-12-16(8-9-18(17)26-6)13-19(24)22-10-11-23(15(2)14-22)20(25)27-21(3,4)5/h7-9,12,15H,1,10-11,13-14H2,2-6H3/t15-/m1/s1. The topological polar surface area (TPSA) is 59.1 Å². The Morgan fingerprint density at radius 3 is 2.56 bits per heavy atom. The van der Waals surface area contributed by atoms with E-state index in [1.165, 1.54) is 0 Å². The van der Waals surface area contributed by atoms with Crippen LogP contribution in [0.5, 0.6) is 5.75 Å². The second-order valence-corrected chi connectivity index (χ2v) is 7.82. The number of methoxy groups -OCH3 is 1. The third-order valence-corrected chi connectivity index (χ3v) is 4.48. The monoisotopic (exact) mass is 374 g/mol. The molecule has 6 heteroatoms. The van der Waals surface area contributed by atoms with E-state index in [0.717, 1.165) is 16.9 Å². The SMILES string of the molecule is C=Cc1cc(CC(=O)N2CCN(C(=O)OC(C)(C)C)[C@H](C)C2)ccc1OC. The summed E-state index contributed by atoms with van der Waals surface area (Å²) in [5, 5.41) is 0. The minimum Gasteiger partial charge on any atom is -0.496 e. The molecule has 1 saturated heterocycles. The lowest BCUT2D eigenvalue weighted by Gasteiger charge is -2.40. The smallest absolute Gasteiger partial charge is 0.410 e. The Balaban J connectivity index is 1.98. The van der Waals surface area contributed by atoms with Crippen LogP contribution in [0.4, 0.5) is 4.79 Å². The Hall–Kier alpha value is -2.50. The van der Waals surface area contributed by atoms with Crippen molar-refractivity contribution in [3.05, 3.63) is 35.9 Å². The van der Waals surface area contributed by atoms with Crippen molar-refractivity contribution < 1.29 is 19.1 Å². The first kappa shape index (κ1) is 20.8. The molecule has 1 aliphatic rings. The summed E-state index contributed by atoms with van der Waals surface area (Å²) in [4.78, 5) is 28.5. The first-order valence-electron chi connectivity index (χ1n) is 9.21. The molecule has 1 fully saturated rings. The Bertz CT molecular complexity index is 709. The van der Waals surface area contributed by atoms with Crippen molar-refractivity contribution in [2.24, 2.45) is 0 Å². The zero-order valence-corrected chi connectivity index (χ0v) is 16.9. The lowest BCUT2D eigenvalue weighted by molar-refractivity contribution is -0.133. The van der Waals surface area contributed by atoms with E-state index in [2.05, 4.69) is 6.58 Å². The van der Waals surface area contributed by atoms with E-state index < -0.39 is 5.60 Å². The van der Waals surface area contributed by atoms with Crippen molar-refractivity contribution in [1.82, 2.24) is 9.80 Å². The normalized spacial score (nSPS) is 17.4. The fourth-order valence-corrected chi connectivity index (χ4v) is 3.12. The van der Waals surface area contributed by atoms with Crippen LogP contribution in [0.3, 0.4) is 0 Å². The lowest BCUT2D eigenvalue weighted by Crippen LogP contribution is -2.56. The highest BCUT2D eigenvalue weighted by molar-refractivity contribution is 5.80. The number of amides is 2. The molecule has 1 aromatic rings. The Morgan fingerprint density at radius 1 is 1.30 bits per heavy atom. The van der Waals surface area contributed by atoms with Crippen LogP contribution < -0.4 is 4.74 Å². The molecule has 0 unspecified atom stereocenters. The van der Waals surface area contributed by atoms with Crippen molar-refractivity contribution in [1.29, 1.82) is 0 Å². The number of benzene rings is 1. The number of hydrogen-bond donors (Lipinski definition) is 0. The van der Waals surface area contributed by atoms with Crippen molar-refractivity contribution in [2.75, 3.05) is 26.7 Å². The first-order chi connectivity index (χ1) is 12.6. The zero-order valence-electron chi connectivity index (χ0n) is 16.9. The van der Waals surface area contributed by atoms with Gasteiger partial charge < -0.3 is 19.3 Å². The summed E-state index contributed by atoms with van der Waals surface area (Å²) in [7, 11) is 1.61. The Morgan fingerprint density at radius 2 is 2.00 bits per heavy atom. The van der Waals surface area contributed by atoms with Gasteiger partial charge in [-0.05, 0) is 45.4 Å². The molecule has 1 heterocycles. The van der Waals surface area contributed by atoms with Gasteiger partial charge in [0, 0.05) is 31.2 Å². The molecular weight excluding hydrogens is 344 g/mol. The molecule has 0 bridgehead atoms. The molecule has 0 saturated carbocycles. The van der Waals surface area contributed by atoms with Gasteiger partial charge in [0.25, 0.3) is 0 Å². The van der Waals surface area contributed by atoms with E-state index >= 15 is 0 Å². The molecule has 6 nitrogen and oxygen atoms in total. The molecule has 0 aromatic heterocycles. The molecule has 1 aromatic carbocycles. The van der Waals surface area contributed by atoms with Crippen molar-refractivity contribution in [2.45, 2.75) is 45.8 Å². The highest BCUT2D eigenvalue weighted by Crippen LogP contribution is 2.22. The minimum atomic E-state index is -0.527. The van der Waals surface area contributed by atoms with Gasteiger partial charge in [-0.1, -0.05) is 18.7 Å². The van der Waals surface area contributed by atoms with Crippen LogP contribution >= 0.6 is 0 Å². The molecule has 0 radical (unpaired) electrons. The molecule has 1 aliphatic heterocycles. The molecule has 27 heavy (non-hydrogen) atoms. The minimum absolute atomic E-state index is 0.0471. The first-order valence-corrected chi connectivity index (χ1v) is 9.21. The van der Waals surface area contributed by atoms with Crippen LogP contribution in [0.1, 0.15) is 38.8 Å². The maximum Gasteiger partial charge on any atom is 0.410 e. The van der Waals surface area contributed by atoms with Gasteiger partial charge in [-0.15, -0.1) is 0 Å². The predicted molar refractivity (Wildman–Crippen MR) is 106 cm³/mol. The van der Waals surface area contributed by atoms with Gasteiger partial charge in [0.1, 0.15) is 11.4 Å². The van der Waals surface area contributed by atoms with Gasteiger partial charge >= 0.3 is 6.09 Å². The number of piperazine rings is 1. The van der Waals surface area contributed by atoms with Gasteiger partial charge in [-0.2, -0.15) is 0 Å². The molecular formula is C21H30N2O4. The number of carbonyl (C=O) groups is 2. The number of hydrogen-bond acceptors (Lipinski definition) is 4. The van der Waals surface area contributed by atoms with Crippen LogP contribution in [0.2, 0.25) is 0 Å². The van der Waals surface area contributed by atoms with Crippen LogP contribution in [-0.4, -0.2) is 60.2 Å². The maximum absolute atomic E-state index is 12.7. The average molecular weight is 374 g/mol. The van der Waals surface area contributed by atoms with E-state index in [4.69, 9.17) is 9.47 Å². The van der Waals surface area contributed by atoms with E-state index in [-0.39, 0.29) is 18.0 Å². The average Bonchev–Trinajstić information content (AvgIpc) is 2.59. The van der Waals surface area contributed by atoms with E-state index in [0.29, 0.717) is 26.1 Å². The van der Waals surface area contributed by atoms with Crippen LogP contribution in [-0.2, 0) is 16.0 Å². The van der Waals surface area contributed by atoms with Gasteiger partial charge in [0.2, 0.25) is 5.91 Å². The summed E-state index contributed by atoms with van der Waals surface area (Å²) >= 11 is 0. The summed E-state index contributed by atoms with van der Waals surface area (Å²) in [5.74, 6) is 0.784. The summed E-state index contributed by atoms with van der Waals surface area (Å²) in [5.41, 5.74) is 1.25. The number of carbonyl (C=O) groups excluding carboxylic acids is 2. The summed E-state index contributed by atoms with van der Waals surface area (Å²) in [6.07, 6.45) is 1.70. The summed E-state index contributed by atoms with van der Waals surface area (Å²) in [6.45, 7) is 12.8. The van der Waals surface area contributed by atoms with E-state index in [1.54, 1.807) is 18.1 Å². The third kappa shape index (κ3) is 5.49. The molecule has 1 atom stereocenters. The van der Waals surface area contributed by atoms with E-state index in [1.807, 2.05) is 50.8 Å². The van der Waals surface area contributed by atoms with Gasteiger partial charge in [0.15, 0.2) is 0 Å². The number of ether oxygens (including phenoxy) is 2. The molecule has 2 amide bonds. The fourth-order valence-electron chi connectivity index (χ4n) is 3.12. The predicted octanol–water partition coefficient (Wildman–Crippen LogP) is 3.35. The summed E-state index contributed by atoms with van der Waals surface area (Å²) < 4.78 is 10.7. The maximum atomic E-state index is 12.7. The highest BCUT2D eigenvalue weighted by atomic mass is 16.6. The van der Waals surface area contributed by atoms with Crippen LogP contribution in [0.25, 0.3) is 6.08 Å². The quantitative estimate of drug-likeness (QED) is 0.811. The number of nitrogens with zero attached hydrogens (tertiary/aromatic N) is 2. The fraction of sp³-hybridized carbons (Fsp3) is 0.524.